The normalized spacial score (nSPS) is 20.8. The first kappa shape index (κ1) is 13.1. The molecular weight excluding hydrogens is 258 g/mol. The van der Waals surface area contributed by atoms with Crippen molar-refractivity contribution in [2.45, 2.75) is 44.6 Å². The van der Waals surface area contributed by atoms with Gasteiger partial charge in [-0.3, -0.25) is 14.3 Å². The number of carboxylic acids is 1. The van der Waals surface area contributed by atoms with Crippen molar-refractivity contribution >= 4 is 11.9 Å². The minimum Gasteiger partial charge on any atom is -0.481 e. The van der Waals surface area contributed by atoms with Gasteiger partial charge in [-0.05, 0) is 31.7 Å². The van der Waals surface area contributed by atoms with Crippen molar-refractivity contribution in [3.63, 3.8) is 0 Å². The summed E-state index contributed by atoms with van der Waals surface area (Å²) in [6.07, 6.45) is 7.78. The predicted molar refractivity (Wildman–Crippen MR) is 71.4 cm³/mol. The molecule has 20 heavy (non-hydrogen) atoms. The van der Waals surface area contributed by atoms with Gasteiger partial charge in [-0.15, -0.1) is 0 Å². The number of carboxylic acid groups (broad SMARTS) is 1. The van der Waals surface area contributed by atoms with Gasteiger partial charge in [0.05, 0.1) is 11.5 Å². The topological polar surface area (TPSA) is 84.2 Å². The van der Waals surface area contributed by atoms with Crippen LogP contribution < -0.4 is 5.32 Å². The summed E-state index contributed by atoms with van der Waals surface area (Å²) >= 11 is 0. The third-order valence-corrected chi connectivity index (χ3v) is 4.43. The Hall–Kier alpha value is -1.85. The van der Waals surface area contributed by atoms with Crippen LogP contribution in [0.4, 0.5) is 0 Å². The average molecular weight is 277 g/mol. The van der Waals surface area contributed by atoms with Crippen molar-refractivity contribution in [3.8, 4) is 0 Å². The molecule has 108 valence electrons. The van der Waals surface area contributed by atoms with E-state index in [1.807, 2.05) is 10.9 Å². The van der Waals surface area contributed by atoms with E-state index >= 15 is 0 Å². The Morgan fingerprint density at radius 2 is 2.10 bits per heavy atom. The SMILES string of the molecule is O=C(NCC1(C(=O)O)CC1)c1ccn(C2CCCC2)n1. The van der Waals surface area contributed by atoms with Crippen LogP contribution in [0.25, 0.3) is 0 Å². The molecule has 2 saturated carbocycles. The van der Waals surface area contributed by atoms with Crippen LogP contribution in [0.3, 0.4) is 0 Å². The zero-order valence-corrected chi connectivity index (χ0v) is 11.3. The second-order valence-corrected chi connectivity index (χ2v) is 5.89. The summed E-state index contributed by atoms with van der Waals surface area (Å²) in [5.41, 5.74) is -0.359. The van der Waals surface area contributed by atoms with E-state index in [9.17, 15) is 9.59 Å². The quantitative estimate of drug-likeness (QED) is 0.856. The first-order valence-electron chi connectivity index (χ1n) is 7.17. The number of aromatic nitrogens is 2. The Morgan fingerprint density at radius 1 is 1.40 bits per heavy atom. The molecule has 0 saturated heterocycles. The van der Waals surface area contributed by atoms with Gasteiger partial charge < -0.3 is 10.4 Å². The molecule has 1 heterocycles. The van der Waals surface area contributed by atoms with Gasteiger partial charge in [0, 0.05) is 12.7 Å². The maximum atomic E-state index is 12.0. The fraction of sp³-hybridized carbons (Fsp3) is 0.643. The number of aliphatic carboxylic acids is 1. The van der Waals surface area contributed by atoms with Crippen LogP contribution in [0.2, 0.25) is 0 Å². The Morgan fingerprint density at radius 3 is 2.70 bits per heavy atom. The second-order valence-electron chi connectivity index (χ2n) is 5.89. The summed E-state index contributed by atoms with van der Waals surface area (Å²) in [5.74, 6) is -1.11. The van der Waals surface area contributed by atoms with E-state index in [0.29, 0.717) is 24.6 Å². The number of hydrogen-bond donors (Lipinski definition) is 2. The highest BCUT2D eigenvalue weighted by Gasteiger charge is 2.50. The van der Waals surface area contributed by atoms with Gasteiger partial charge in [-0.2, -0.15) is 5.10 Å². The number of rotatable bonds is 5. The zero-order valence-electron chi connectivity index (χ0n) is 11.3. The van der Waals surface area contributed by atoms with Gasteiger partial charge in [0.25, 0.3) is 5.91 Å². The van der Waals surface area contributed by atoms with E-state index in [1.165, 1.54) is 12.8 Å². The van der Waals surface area contributed by atoms with Crippen LogP contribution in [0, 0.1) is 5.41 Å². The van der Waals surface area contributed by atoms with E-state index in [1.54, 1.807) is 6.07 Å². The lowest BCUT2D eigenvalue weighted by Crippen LogP contribution is -2.34. The summed E-state index contributed by atoms with van der Waals surface area (Å²) in [6, 6.07) is 2.11. The second kappa shape index (κ2) is 4.92. The Kier molecular flexibility index (Phi) is 3.23. The molecule has 1 aromatic rings. The highest BCUT2D eigenvalue weighted by atomic mass is 16.4. The van der Waals surface area contributed by atoms with Crippen LogP contribution in [-0.2, 0) is 4.79 Å². The molecule has 6 heteroatoms. The van der Waals surface area contributed by atoms with Gasteiger partial charge in [-0.25, -0.2) is 0 Å². The van der Waals surface area contributed by atoms with Gasteiger partial charge in [-0.1, -0.05) is 12.8 Å². The standard InChI is InChI=1S/C14H19N3O3/c18-12(15-9-14(6-7-14)13(19)20)11-5-8-17(16-11)10-3-1-2-4-10/h5,8,10H,1-4,6-7,9H2,(H,15,18)(H,19,20). The van der Waals surface area contributed by atoms with Crippen LogP contribution in [0.15, 0.2) is 12.3 Å². The monoisotopic (exact) mass is 277 g/mol. The largest absolute Gasteiger partial charge is 0.481 e. The molecule has 2 aliphatic carbocycles. The number of nitrogens with zero attached hydrogens (tertiary/aromatic N) is 2. The van der Waals surface area contributed by atoms with Gasteiger partial charge >= 0.3 is 5.97 Å². The first-order valence-corrected chi connectivity index (χ1v) is 7.17. The van der Waals surface area contributed by atoms with E-state index in [-0.39, 0.29) is 12.5 Å². The molecule has 0 aliphatic heterocycles. The van der Waals surface area contributed by atoms with E-state index < -0.39 is 11.4 Å². The molecule has 1 amide bonds. The molecular formula is C14H19N3O3. The van der Waals surface area contributed by atoms with Crippen molar-refractivity contribution in [3.05, 3.63) is 18.0 Å². The van der Waals surface area contributed by atoms with Crippen molar-refractivity contribution in [1.29, 1.82) is 0 Å². The third-order valence-electron chi connectivity index (χ3n) is 4.43. The van der Waals surface area contributed by atoms with Crippen LogP contribution in [-0.4, -0.2) is 33.3 Å². The first-order chi connectivity index (χ1) is 9.61. The molecule has 0 bridgehead atoms. The Bertz CT molecular complexity index is 528. The van der Waals surface area contributed by atoms with Crippen LogP contribution >= 0.6 is 0 Å². The summed E-state index contributed by atoms with van der Waals surface area (Å²) in [4.78, 5) is 23.0. The minimum absolute atomic E-state index is 0.192. The highest BCUT2D eigenvalue weighted by Crippen LogP contribution is 2.45. The zero-order chi connectivity index (χ0) is 14.2. The molecule has 0 spiro atoms. The fourth-order valence-corrected chi connectivity index (χ4v) is 2.79. The average Bonchev–Trinajstić information content (AvgIpc) is 2.87. The van der Waals surface area contributed by atoms with Crippen molar-refractivity contribution in [1.82, 2.24) is 15.1 Å². The van der Waals surface area contributed by atoms with E-state index in [0.717, 1.165) is 12.8 Å². The third kappa shape index (κ3) is 2.42. The Labute approximate surface area is 117 Å². The number of hydrogen-bond acceptors (Lipinski definition) is 3. The lowest BCUT2D eigenvalue weighted by atomic mass is 10.1. The van der Waals surface area contributed by atoms with Gasteiger partial charge in [0.2, 0.25) is 0 Å². The van der Waals surface area contributed by atoms with E-state index in [4.69, 9.17) is 5.11 Å². The molecule has 3 rings (SSSR count). The molecule has 2 aliphatic rings. The molecule has 2 fully saturated rings. The molecule has 0 aromatic carbocycles. The smallest absolute Gasteiger partial charge is 0.311 e. The summed E-state index contributed by atoms with van der Waals surface area (Å²) in [7, 11) is 0. The maximum absolute atomic E-state index is 12.0. The van der Waals surface area contributed by atoms with Crippen LogP contribution in [0.1, 0.15) is 55.1 Å². The molecule has 0 radical (unpaired) electrons. The number of amides is 1. The molecule has 6 nitrogen and oxygen atoms in total. The Balaban J connectivity index is 1.58. The van der Waals surface area contributed by atoms with Gasteiger partial charge in [0.15, 0.2) is 0 Å². The van der Waals surface area contributed by atoms with Crippen molar-refractivity contribution < 1.29 is 14.7 Å². The maximum Gasteiger partial charge on any atom is 0.311 e. The lowest BCUT2D eigenvalue weighted by Gasteiger charge is -2.10. The highest BCUT2D eigenvalue weighted by molar-refractivity contribution is 5.92. The number of carbonyl (C=O) groups is 2. The van der Waals surface area contributed by atoms with Crippen LogP contribution in [0.5, 0.6) is 0 Å². The molecule has 2 N–H and O–H groups in total. The van der Waals surface area contributed by atoms with E-state index in [2.05, 4.69) is 10.4 Å². The predicted octanol–water partition coefficient (Wildman–Crippen LogP) is 1.59. The summed E-state index contributed by atoms with van der Waals surface area (Å²) in [5, 5.41) is 16.1. The van der Waals surface area contributed by atoms with Crippen molar-refractivity contribution in [2.75, 3.05) is 6.54 Å². The number of nitrogens with one attached hydrogen (secondary N) is 1. The number of carbonyl (C=O) groups excluding carboxylic acids is 1. The summed E-state index contributed by atoms with van der Waals surface area (Å²) in [6.45, 7) is 0.192. The fourth-order valence-electron chi connectivity index (χ4n) is 2.79. The molecule has 1 aromatic heterocycles. The summed E-state index contributed by atoms with van der Waals surface area (Å²) < 4.78 is 1.87. The molecule has 0 atom stereocenters. The van der Waals surface area contributed by atoms with Gasteiger partial charge in [0.1, 0.15) is 5.69 Å². The lowest BCUT2D eigenvalue weighted by molar-refractivity contribution is -0.143. The van der Waals surface area contributed by atoms with Crippen molar-refractivity contribution in [2.24, 2.45) is 5.41 Å². The minimum atomic E-state index is -0.825. The molecule has 0 unspecified atom stereocenters.